The van der Waals surface area contributed by atoms with E-state index >= 15 is 0 Å². The van der Waals surface area contributed by atoms with Crippen molar-refractivity contribution < 1.29 is 26.6 Å². The predicted octanol–water partition coefficient (Wildman–Crippen LogP) is 6.71. The number of carbonyl (C=O) groups is 1. The molecule has 2 aromatic heterocycles. The Balaban J connectivity index is 1.41. The molecule has 0 spiro atoms. The molecule has 1 aromatic carbocycles. The summed E-state index contributed by atoms with van der Waals surface area (Å²) in [5, 5.41) is 3.44. The highest BCUT2D eigenvalue weighted by molar-refractivity contribution is 7.84. The Bertz CT molecular complexity index is 1800. The number of benzene rings is 1. The molecule has 1 aliphatic carbocycles. The topological polar surface area (TPSA) is 129 Å². The van der Waals surface area contributed by atoms with Crippen LogP contribution in [0.3, 0.4) is 0 Å². The summed E-state index contributed by atoms with van der Waals surface area (Å²) >= 11 is 1.41. The Kier molecular flexibility index (Phi) is 11.5. The van der Waals surface area contributed by atoms with Crippen LogP contribution in [0.15, 0.2) is 36.8 Å². The fourth-order valence-corrected chi connectivity index (χ4v) is 15.0. The van der Waals surface area contributed by atoms with E-state index in [1.54, 1.807) is 0 Å². The summed E-state index contributed by atoms with van der Waals surface area (Å²) in [4.78, 5) is 24.3. The second-order valence-electron chi connectivity index (χ2n) is 13.9. The Hall–Kier alpha value is -2.96. The first-order valence-corrected chi connectivity index (χ1v) is 21.3. The third kappa shape index (κ3) is 7.71. The lowest BCUT2D eigenvalue weighted by Crippen LogP contribution is -2.52. The van der Waals surface area contributed by atoms with Gasteiger partial charge < -0.3 is 14.5 Å². The smallest absolute Gasteiger partial charge is 0.335 e. The lowest BCUT2D eigenvalue weighted by atomic mass is 9.91. The number of aromatic nitrogens is 2. The number of ether oxygens (including phenoxy) is 1. The van der Waals surface area contributed by atoms with Crippen LogP contribution in [0, 0.1) is 19.3 Å². The van der Waals surface area contributed by atoms with Crippen molar-refractivity contribution in [3.63, 3.8) is 0 Å². The second kappa shape index (κ2) is 15.1. The Morgan fingerprint density at radius 3 is 2.43 bits per heavy atom. The van der Waals surface area contributed by atoms with E-state index in [4.69, 9.17) is 19.8 Å². The molecule has 0 saturated heterocycles. The van der Waals surface area contributed by atoms with Gasteiger partial charge in [-0.25, -0.2) is 9.97 Å². The van der Waals surface area contributed by atoms with Gasteiger partial charge in [-0.2, -0.15) is 13.1 Å². The average molecular weight is 725 g/mol. The zero-order valence-electron chi connectivity index (χ0n) is 29.6. The fraction of sp³-hybridized carbons (Fsp3) is 0.528. The van der Waals surface area contributed by atoms with E-state index in [1.165, 1.54) is 36.5 Å². The molecule has 1 fully saturated rings. The van der Waals surface area contributed by atoms with E-state index in [2.05, 4.69) is 73.5 Å². The summed E-state index contributed by atoms with van der Waals surface area (Å²) in [7, 11) is -5.03. The van der Waals surface area contributed by atoms with Crippen LogP contribution < -0.4 is 10.0 Å². The molecule has 264 valence electrons. The van der Waals surface area contributed by atoms with Gasteiger partial charge in [0.15, 0.2) is 0 Å². The van der Waals surface area contributed by atoms with E-state index < -0.39 is 30.8 Å². The number of thiophene rings is 1. The monoisotopic (exact) mass is 724 g/mol. The van der Waals surface area contributed by atoms with Crippen molar-refractivity contribution in [3.05, 3.63) is 74.4 Å². The second-order valence-corrected chi connectivity index (χ2v) is 22.0. The number of aryl methyl sites for hydroxylation is 1. The average Bonchev–Trinajstić information content (AvgIpc) is 3.63. The summed E-state index contributed by atoms with van der Waals surface area (Å²) in [5.41, 5.74) is 5.18. The van der Waals surface area contributed by atoms with Crippen LogP contribution in [0.1, 0.15) is 103 Å². The number of hydrogen-bond acceptors (Lipinski definition) is 10. The molecule has 0 amide bonds. The molecule has 3 heterocycles. The van der Waals surface area contributed by atoms with Gasteiger partial charge in [0.25, 0.3) is 0 Å². The maximum atomic E-state index is 14.1. The minimum atomic E-state index is -3.98. The minimum absolute atomic E-state index is 0.210. The molecule has 5 rings (SSSR count). The van der Waals surface area contributed by atoms with Gasteiger partial charge in [-0.15, -0.1) is 17.8 Å². The predicted molar refractivity (Wildman–Crippen MR) is 196 cm³/mol. The highest BCUT2D eigenvalue weighted by atomic mass is 32.2. The molecule has 0 radical (unpaired) electrons. The number of anilines is 1. The van der Waals surface area contributed by atoms with Crippen LogP contribution in [0.4, 0.5) is 5.82 Å². The van der Waals surface area contributed by atoms with Gasteiger partial charge in [0.2, 0.25) is 14.1 Å². The summed E-state index contributed by atoms with van der Waals surface area (Å²) in [5.74, 6) is 2.89. The molecule has 13 heteroatoms. The first-order valence-electron chi connectivity index (χ1n) is 16.9. The van der Waals surface area contributed by atoms with Gasteiger partial charge in [-0.3, -0.25) is 8.98 Å². The van der Waals surface area contributed by atoms with E-state index in [-0.39, 0.29) is 17.9 Å². The molecule has 1 aliphatic heterocycles. The number of nitrogens with zero attached hydrogens (tertiary/aromatic N) is 2. The molecule has 4 atom stereocenters. The first kappa shape index (κ1) is 37.3. The van der Waals surface area contributed by atoms with E-state index in [0.717, 1.165) is 28.0 Å². The van der Waals surface area contributed by atoms with Crippen molar-refractivity contribution in [1.82, 2.24) is 14.7 Å². The Labute approximate surface area is 296 Å². The van der Waals surface area contributed by atoms with Gasteiger partial charge in [-0.1, -0.05) is 53.5 Å². The third-order valence-corrected chi connectivity index (χ3v) is 18.2. The zero-order valence-corrected chi connectivity index (χ0v) is 32.2. The highest BCUT2D eigenvalue weighted by Crippen LogP contribution is 2.46. The number of rotatable bonds is 13. The van der Waals surface area contributed by atoms with Crippen molar-refractivity contribution in [2.45, 2.75) is 109 Å². The van der Waals surface area contributed by atoms with Gasteiger partial charge >= 0.3 is 10.3 Å². The Morgan fingerprint density at radius 2 is 1.78 bits per heavy atom. The maximum Gasteiger partial charge on any atom is 0.335 e. The van der Waals surface area contributed by atoms with Crippen LogP contribution in [-0.2, 0) is 30.1 Å². The molecule has 2 aliphatic rings. The molecule has 49 heavy (non-hydrogen) atoms. The number of ketones is 1. The number of fused-ring (bicyclic) bond motifs is 1. The molecule has 0 unspecified atom stereocenters. The van der Waals surface area contributed by atoms with Crippen molar-refractivity contribution in [3.8, 4) is 12.3 Å². The molecule has 3 aromatic rings. The normalized spacial score (nSPS) is 21.3. The van der Waals surface area contributed by atoms with Crippen LogP contribution >= 0.6 is 11.3 Å². The summed E-state index contributed by atoms with van der Waals surface area (Å²) in [6.07, 6.45) is 8.76. The lowest BCUT2D eigenvalue weighted by molar-refractivity contribution is 0.0678. The van der Waals surface area contributed by atoms with Crippen molar-refractivity contribution in [1.29, 1.82) is 0 Å². The largest absolute Gasteiger partial charge is 0.410 e. The van der Waals surface area contributed by atoms with Crippen LogP contribution in [-0.4, -0.2) is 64.4 Å². The summed E-state index contributed by atoms with van der Waals surface area (Å²) in [6.45, 7) is 15.7. The molecular weight excluding hydrogens is 677 g/mol. The maximum absolute atomic E-state index is 14.1. The van der Waals surface area contributed by atoms with E-state index in [9.17, 15) is 13.2 Å². The molecule has 10 nitrogen and oxygen atoms in total. The number of terminal acetylenes is 1. The number of nitrogens with one attached hydrogen (secondary N) is 2. The minimum Gasteiger partial charge on any atom is -0.410 e. The quantitative estimate of drug-likeness (QED) is 0.112. The van der Waals surface area contributed by atoms with Crippen LogP contribution in [0.25, 0.3) is 0 Å². The molecule has 0 bridgehead atoms. The van der Waals surface area contributed by atoms with E-state index in [0.29, 0.717) is 52.3 Å². The summed E-state index contributed by atoms with van der Waals surface area (Å²) in [6, 6.07) is 7.65. The van der Waals surface area contributed by atoms with Crippen LogP contribution in [0.5, 0.6) is 0 Å². The van der Waals surface area contributed by atoms with Crippen molar-refractivity contribution in [2.75, 3.05) is 19.0 Å². The number of hydrogen-bond donors (Lipinski definition) is 2. The Morgan fingerprint density at radius 1 is 1.08 bits per heavy atom. The van der Waals surface area contributed by atoms with Gasteiger partial charge in [-0.05, 0) is 77.7 Å². The van der Waals surface area contributed by atoms with Gasteiger partial charge in [0, 0.05) is 29.7 Å². The van der Waals surface area contributed by atoms with Crippen molar-refractivity contribution in [2.24, 2.45) is 0 Å². The third-order valence-electron chi connectivity index (χ3n) is 10.0. The van der Waals surface area contributed by atoms with Gasteiger partial charge in [0.05, 0.1) is 23.2 Å². The molecular formula is C36H48N4O6S2Si. The first-order chi connectivity index (χ1) is 23.2. The fourth-order valence-electron chi connectivity index (χ4n) is 7.78. The summed E-state index contributed by atoms with van der Waals surface area (Å²) < 4.78 is 46.5. The lowest BCUT2D eigenvalue weighted by Gasteiger charge is -2.44. The molecule has 2 N–H and O–H groups in total. The highest BCUT2D eigenvalue weighted by Gasteiger charge is 2.50. The zero-order chi connectivity index (χ0) is 35.7. The van der Waals surface area contributed by atoms with Gasteiger partial charge in [0.1, 0.15) is 24.4 Å². The SMILES string of the molecule is C#Cc1ccc2c(c1)[C@H](c1cc(C(=O)c3cncnc3N[C@@H]3C[C@H](O[Si](C(C)C)(C(C)C)C(C)C)[C@H](OS(=O)(=O)NC)C3)sc1C)OCC2. The van der Waals surface area contributed by atoms with Crippen LogP contribution in [0.2, 0.25) is 16.6 Å². The molecule has 1 saturated carbocycles. The standard InChI is InChI=1S/C36H48N4O6S2Si/c1-10-25-11-12-26-13-14-44-35(29(26)15-25)28-18-33(47-24(28)8)34(41)30-19-38-20-39-36(30)40-27-16-31(45-48(42,43)37-9)32(17-27)46-49(21(2)3,22(4)5)23(6)7/h1,11-12,15,18-23,27,31-32,35,37H,13-14,16-17H2,2-9H3,(H,38,39,40)/t27-,31+,32-,35-/m0/s1. The van der Waals surface area contributed by atoms with Crippen molar-refractivity contribution >= 4 is 41.6 Å². The number of carbonyl (C=O) groups excluding carboxylic acids is 1. The van der Waals surface area contributed by atoms with E-state index in [1.807, 2.05) is 25.1 Å².